The zero-order valence-electron chi connectivity index (χ0n) is 12.3. The zero-order valence-corrected chi connectivity index (χ0v) is 13.1. The molecule has 0 aromatic carbocycles. The zero-order chi connectivity index (χ0) is 14.7. The van der Waals surface area contributed by atoms with Crippen LogP contribution in [0.15, 0.2) is 6.07 Å². The van der Waals surface area contributed by atoms with Crippen LogP contribution in [-0.2, 0) is 4.79 Å². The van der Waals surface area contributed by atoms with Gasteiger partial charge in [-0.15, -0.1) is 11.3 Å². The molecule has 2 N–H and O–H groups in total. The molecule has 1 aliphatic rings. The number of carbonyl (C=O) groups is 2. The van der Waals surface area contributed by atoms with E-state index in [0.717, 1.165) is 29.8 Å². The highest BCUT2D eigenvalue weighted by Gasteiger charge is 2.30. The lowest BCUT2D eigenvalue weighted by Crippen LogP contribution is -2.25. The maximum atomic E-state index is 12.1. The monoisotopic (exact) mass is 294 g/mol. The third kappa shape index (κ3) is 4.07. The topological polar surface area (TPSA) is 58.2 Å². The van der Waals surface area contributed by atoms with Gasteiger partial charge in [0.1, 0.15) is 0 Å². The van der Waals surface area contributed by atoms with Gasteiger partial charge in [-0.3, -0.25) is 9.59 Å². The first-order valence-corrected chi connectivity index (χ1v) is 7.98. The fourth-order valence-electron chi connectivity index (χ4n) is 1.89. The second-order valence-corrected chi connectivity index (χ2v) is 6.88. The Balaban J connectivity index is 1.92. The Morgan fingerprint density at radius 3 is 2.70 bits per heavy atom. The van der Waals surface area contributed by atoms with Crippen molar-refractivity contribution in [1.29, 1.82) is 0 Å². The molecule has 1 fully saturated rings. The molecule has 110 valence electrons. The SMILES string of the molecule is Cc1cc(NC(=O)C2CC2)sc1C(=O)NCCC(C)C. The van der Waals surface area contributed by atoms with Gasteiger partial charge in [0.2, 0.25) is 5.91 Å². The average molecular weight is 294 g/mol. The van der Waals surface area contributed by atoms with Crippen molar-refractivity contribution in [2.75, 3.05) is 11.9 Å². The lowest BCUT2D eigenvalue weighted by Gasteiger charge is -2.06. The Bertz CT molecular complexity index is 504. The van der Waals surface area contributed by atoms with E-state index in [2.05, 4.69) is 24.5 Å². The number of thiophene rings is 1. The van der Waals surface area contributed by atoms with Crippen molar-refractivity contribution >= 4 is 28.2 Å². The van der Waals surface area contributed by atoms with Crippen LogP contribution >= 0.6 is 11.3 Å². The van der Waals surface area contributed by atoms with Crippen LogP contribution in [0.1, 0.15) is 48.3 Å². The number of anilines is 1. The molecule has 2 amide bonds. The minimum atomic E-state index is -0.0416. The Morgan fingerprint density at radius 2 is 2.10 bits per heavy atom. The van der Waals surface area contributed by atoms with E-state index in [1.165, 1.54) is 11.3 Å². The van der Waals surface area contributed by atoms with Crippen LogP contribution in [0.5, 0.6) is 0 Å². The van der Waals surface area contributed by atoms with Crippen molar-refractivity contribution in [2.45, 2.75) is 40.0 Å². The first kappa shape index (κ1) is 15.0. The third-order valence-corrected chi connectivity index (χ3v) is 4.48. The smallest absolute Gasteiger partial charge is 0.261 e. The first-order valence-electron chi connectivity index (χ1n) is 7.17. The van der Waals surface area contributed by atoms with E-state index in [1.807, 2.05) is 13.0 Å². The molecule has 0 atom stereocenters. The summed E-state index contributed by atoms with van der Waals surface area (Å²) in [6, 6.07) is 1.88. The molecular formula is C15H22N2O2S. The Morgan fingerprint density at radius 1 is 1.40 bits per heavy atom. The van der Waals surface area contributed by atoms with Gasteiger partial charge in [0, 0.05) is 12.5 Å². The highest BCUT2D eigenvalue weighted by Crippen LogP contribution is 2.32. The maximum absolute atomic E-state index is 12.1. The molecule has 20 heavy (non-hydrogen) atoms. The van der Waals surface area contributed by atoms with Crippen LogP contribution in [0.2, 0.25) is 0 Å². The van der Waals surface area contributed by atoms with Crippen molar-refractivity contribution in [3.05, 3.63) is 16.5 Å². The van der Waals surface area contributed by atoms with Gasteiger partial charge in [-0.2, -0.15) is 0 Å². The second kappa shape index (κ2) is 6.39. The molecule has 5 heteroatoms. The molecule has 2 rings (SSSR count). The molecule has 0 bridgehead atoms. The van der Waals surface area contributed by atoms with Gasteiger partial charge in [0.15, 0.2) is 0 Å². The summed E-state index contributed by atoms with van der Waals surface area (Å²) in [4.78, 5) is 24.5. The third-order valence-electron chi connectivity index (χ3n) is 3.33. The molecule has 4 nitrogen and oxygen atoms in total. The standard InChI is InChI=1S/C15H22N2O2S/c1-9(2)6-7-16-15(19)13-10(3)8-12(20-13)17-14(18)11-4-5-11/h8-9,11H,4-7H2,1-3H3,(H,16,19)(H,17,18). The van der Waals surface area contributed by atoms with Crippen molar-refractivity contribution in [1.82, 2.24) is 5.32 Å². The fraction of sp³-hybridized carbons (Fsp3) is 0.600. The molecule has 0 saturated heterocycles. The minimum Gasteiger partial charge on any atom is -0.351 e. The van der Waals surface area contributed by atoms with Gasteiger partial charge >= 0.3 is 0 Å². The molecule has 1 aliphatic carbocycles. The minimum absolute atomic E-state index is 0.0416. The number of nitrogens with one attached hydrogen (secondary N) is 2. The van der Waals surface area contributed by atoms with Crippen molar-refractivity contribution in [3.63, 3.8) is 0 Å². The number of carbonyl (C=O) groups excluding carboxylic acids is 2. The van der Waals surface area contributed by atoms with E-state index in [0.29, 0.717) is 17.3 Å². The molecule has 0 unspecified atom stereocenters. The van der Waals surface area contributed by atoms with Crippen molar-refractivity contribution in [2.24, 2.45) is 11.8 Å². The van der Waals surface area contributed by atoms with E-state index in [4.69, 9.17) is 0 Å². The van der Waals surface area contributed by atoms with Gasteiger partial charge in [0.25, 0.3) is 5.91 Å². The lowest BCUT2D eigenvalue weighted by molar-refractivity contribution is -0.117. The summed E-state index contributed by atoms with van der Waals surface area (Å²) < 4.78 is 0. The summed E-state index contributed by atoms with van der Waals surface area (Å²) in [5.74, 6) is 0.798. The molecule has 0 aliphatic heterocycles. The number of hydrogen-bond donors (Lipinski definition) is 2. The largest absolute Gasteiger partial charge is 0.351 e. The van der Waals surface area contributed by atoms with E-state index in [9.17, 15) is 9.59 Å². The molecule has 0 spiro atoms. The molecule has 1 aromatic heterocycles. The number of amides is 2. The predicted octanol–water partition coefficient (Wildman–Crippen LogP) is 3.18. The first-order chi connectivity index (χ1) is 9.47. The highest BCUT2D eigenvalue weighted by molar-refractivity contribution is 7.18. The summed E-state index contributed by atoms with van der Waals surface area (Å²) in [7, 11) is 0. The van der Waals surface area contributed by atoms with Crippen LogP contribution in [-0.4, -0.2) is 18.4 Å². The Labute approximate surface area is 124 Å². The maximum Gasteiger partial charge on any atom is 0.261 e. The summed E-state index contributed by atoms with van der Waals surface area (Å²) in [5.41, 5.74) is 0.920. The van der Waals surface area contributed by atoms with Gasteiger partial charge in [0.05, 0.1) is 9.88 Å². The van der Waals surface area contributed by atoms with Gasteiger partial charge in [-0.05, 0) is 43.7 Å². The van der Waals surface area contributed by atoms with Crippen LogP contribution in [0, 0.1) is 18.8 Å². The van der Waals surface area contributed by atoms with Crippen LogP contribution < -0.4 is 10.6 Å². The number of rotatable bonds is 6. The van der Waals surface area contributed by atoms with Crippen LogP contribution in [0.25, 0.3) is 0 Å². The molecule has 0 radical (unpaired) electrons. The van der Waals surface area contributed by atoms with Crippen molar-refractivity contribution in [3.8, 4) is 0 Å². The van der Waals surface area contributed by atoms with Crippen LogP contribution in [0.4, 0.5) is 5.00 Å². The van der Waals surface area contributed by atoms with E-state index in [1.54, 1.807) is 0 Å². The molecule has 1 aromatic rings. The Hall–Kier alpha value is -1.36. The number of aryl methyl sites for hydroxylation is 1. The molecule has 1 heterocycles. The van der Waals surface area contributed by atoms with Gasteiger partial charge in [-0.1, -0.05) is 13.8 Å². The predicted molar refractivity (Wildman–Crippen MR) is 82.2 cm³/mol. The molecular weight excluding hydrogens is 272 g/mol. The normalized spacial score (nSPS) is 14.4. The van der Waals surface area contributed by atoms with Crippen LogP contribution in [0.3, 0.4) is 0 Å². The van der Waals surface area contributed by atoms with E-state index in [-0.39, 0.29) is 17.7 Å². The fourth-order valence-corrected chi connectivity index (χ4v) is 2.88. The second-order valence-electron chi connectivity index (χ2n) is 5.82. The average Bonchev–Trinajstić information content (AvgIpc) is 3.14. The van der Waals surface area contributed by atoms with E-state index < -0.39 is 0 Å². The summed E-state index contributed by atoms with van der Waals surface area (Å²) in [6.07, 6.45) is 2.94. The summed E-state index contributed by atoms with van der Waals surface area (Å²) in [6.45, 7) is 6.86. The number of hydrogen-bond acceptors (Lipinski definition) is 3. The molecule has 1 saturated carbocycles. The van der Waals surface area contributed by atoms with Gasteiger partial charge < -0.3 is 10.6 Å². The summed E-state index contributed by atoms with van der Waals surface area (Å²) in [5, 5.41) is 6.60. The lowest BCUT2D eigenvalue weighted by atomic mass is 10.1. The van der Waals surface area contributed by atoms with E-state index >= 15 is 0 Å². The summed E-state index contributed by atoms with van der Waals surface area (Å²) >= 11 is 1.36. The van der Waals surface area contributed by atoms with Crippen molar-refractivity contribution < 1.29 is 9.59 Å². The quantitative estimate of drug-likeness (QED) is 0.846. The van der Waals surface area contributed by atoms with Gasteiger partial charge in [-0.25, -0.2) is 0 Å². The highest BCUT2D eigenvalue weighted by atomic mass is 32.1. The Kier molecular flexibility index (Phi) is 4.81.